The number of benzene rings is 1. The lowest BCUT2D eigenvalue weighted by Crippen LogP contribution is -2.63. The molecule has 36 heavy (non-hydrogen) atoms. The van der Waals surface area contributed by atoms with Crippen molar-refractivity contribution in [2.75, 3.05) is 64.8 Å². The average Bonchev–Trinajstić information content (AvgIpc) is 2.86. The van der Waals surface area contributed by atoms with E-state index in [0.29, 0.717) is 17.8 Å². The number of piperidine rings is 1. The maximum atomic E-state index is 13.3. The minimum atomic E-state index is -0.783. The molecule has 2 amide bonds. The smallest absolute Gasteiger partial charge is 0.255 e. The molecule has 9 heteroatoms. The number of hydrogen-bond acceptors (Lipinski definition) is 7. The molecule has 1 aromatic carbocycles. The Morgan fingerprint density at radius 2 is 1.83 bits per heavy atom. The van der Waals surface area contributed by atoms with Crippen molar-refractivity contribution < 1.29 is 19.2 Å². The molecule has 0 spiro atoms. The van der Waals surface area contributed by atoms with E-state index in [4.69, 9.17) is 0 Å². The van der Waals surface area contributed by atoms with Crippen LogP contribution in [0.2, 0.25) is 0 Å². The van der Waals surface area contributed by atoms with Gasteiger partial charge in [-0.3, -0.25) is 24.2 Å². The molecule has 0 aromatic heterocycles. The van der Waals surface area contributed by atoms with Crippen molar-refractivity contribution >= 4 is 30.1 Å². The van der Waals surface area contributed by atoms with Crippen molar-refractivity contribution in [3.8, 4) is 0 Å². The third kappa shape index (κ3) is 5.78. The van der Waals surface area contributed by atoms with E-state index >= 15 is 0 Å². The second-order valence-electron chi connectivity index (χ2n) is 10.4. The van der Waals surface area contributed by atoms with Gasteiger partial charge in [0.05, 0.1) is 5.56 Å². The summed E-state index contributed by atoms with van der Waals surface area (Å²) in [5.41, 5.74) is 1.48. The molecule has 196 valence electrons. The Morgan fingerprint density at radius 3 is 2.47 bits per heavy atom. The van der Waals surface area contributed by atoms with Crippen LogP contribution in [0.25, 0.3) is 0 Å². The molecule has 1 N–H and O–H groups in total. The first-order valence-electron chi connectivity index (χ1n) is 13.2. The number of aldehydes is 2. The topological polar surface area (TPSA) is 93.3 Å². The summed E-state index contributed by atoms with van der Waals surface area (Å²) in [5, 5.41) is 2.56. The van der Waals surface area contributed by atoms with E-state index in [1.54, 1.807) is 12.1 Å². The van der Waals surface area contributed by atoms with Gasteiger partial charge >= 0.3 is 0 Å². The van der Waals surface area contributed by atoms with Crippen molar-refractivity contribution in [2.45, 2.75) is 44.2 Å². The van der Waals surface area contributed by atoms with Gasteiger partial charge in [0.15, 0.2) is 6.29 Å². The molecule has 0 aliphatic carbocycles. The van der Waals surface area contributed by atoms with Gasteiger partial charge in [0.25, 0.3) is 5.91 Å². The van der Waals surface area contributed by atoms with Gasteiger partial charge in [-0.15, -0.1) is 0 Å². The number of nitrogens with one attached hydrogen (secondary N) is 1. The highest BCUT2D eigenvalue weighted by molar-refractivity contribution is 6.04. The fraction of sp³-hybridized carbons (Fsp3) is 0.630. The van der Waals surface area contributed by atoms with Gasteiger partial charge < -0.3 is 19.9 Å². The molecule has 3 fully saturated rings. The molecule has 3 aliphatic heterocycles. The molecule has 9 nitrogen and oxygen atoms in total. The van der Waals surface area contributed by atoms with Gasteiger partial charge in [0, 0.05) is 76.5 Å². The lowest BCUT2D eigenvalue weighted by atomic mass is 9.94. The molecule has 1 atom stereocenters. The summed E-state index contributed by atoms with van der Waals surface area (Å²) in [6.45, 7) is 7.81. The standard InChI is InChI=1S/C27H39N5O4/c1-28-26(35)25(7-6-12-33)29(2)27(36)24-13-22(9-8-21(24)19-34)32-15-20(16-32)14-30-17-23(18-30)31-10-4-3-5-11-31/h8-9,12-13,19-20,23,25H,3-7,10-11,14-18H2,1-2H3,(H,28,35). The van der Waals surface area contributed by atoms with E-state index in [9.17, 15) is 19.2 Å². The van der Waals surface area contributed by atoms with Crippen molar-refractivity contribution in [3.05, 3.63) is 29.3 Å². The van der Waals surface area contributed by atoms with E-state index in [-0.39, 0.29) is 24.3 Å². The molecular formula is C27H39N5O4. The Labute approximate surface area is 213 Å². The largest absolute Gasteiger partial charge is 0.371 e. The summed E-state index contributed by atoms with van der Waals surface area (Å²) in [5.74, 6) is -0.142. The monoisotopic (exact) mass is 497 g/mol. The Kier molecular flexibility index (Phi) is 8.74. The van der Waals surface area contributed by atoms with E-state index in [1.807, 2.05) is 6.07 Å². The minimum absolute atomic E-state index is 0.168. The first-order chi connectivity index (χ1) is 17.4. The van der Waals surface area contributed by atoms with E-state index in [2.05, 4.69) is 20.0 Å². The van der Waals surface area contributed by atoms with Crippen LogP contribution in [0.15, 0.2) is 18.2 Å². The van der Waals surface area contributed by atoms with Gasteiger partial charge in [-0.25, -0.2) is 0 Å². The molecule has 3 saturated heterocycles. The van der Waals surface area contributed by atoms with Gasteiger partial charge in [-0.2, -0.15) is 0 Å². The fourth-order valence-corrected chi connectivity index (χ4v) is 5.72. The predicted molar refractivity (Wildman–Crippen MR) is 138 cm³/mol. The average molecular weight is 498 g/mol. The zero-order valence-electron chi connectivity index (χ0n) is 21.5. The number of carbonyl (C=O) groups is 4. The van der Waals surface area contributed by atoms with Crippen LogP contribution in [0.1, 0.15) is 52.8 Å². The molecule has 1 aromatic rings. The Balaban J connectivity index is 1.34. The lowest BCUT2D eigenvalue weighted by Gasteiger charge is -2.50. The number of nitrogens with zero attached hydrogens (tertiary/aromatic N) is 4. The number of anilines is 1. The maximum Gasteiger partial charge on any atom is 0.255 e. The Hall–Kier alpha value is -2.78. The van der Waals surface area contributed by atoms with Crippen molar-refractivity contribution in [3.63, 3.8) is 0 Å². The zero-order chi connectivity index (χ0) is 25.7. The molecule has 3 aliphatic rings. The number of hydrogen-bond donors (Lipinski definition) is 1. The lowest BCUT2D eigenvalue weighted by molar-refractivity contribution is -0.125. The number of likely N-dealkylation sites (N-methyl/N-ethyl adjacent to an activating group) is 2. The van der Waals surface area contributed by atoms with Crippen LogP contribution in [0.5, 0.6) is 0 Å². The highest BCUT2D eigenvalue weighted by Crippen LogP contribution is 2.29. The number of likely N-dealkylation sites (tertiary alicyclic amines) is 2. The summed E-state index contributed by atoms with van der Waals surface area (Å²) in [7, 11) is 3.04. The van der Waals surface area contributed by atoms with Crippen LogP contribution in [0.4, 0.5) is 5.69 Å². The second-order valence-corrected chi connectivity index (χ2v) is 10.4. The number of carbonyl (C=O) groups excluding carboxylic acids is 4. The summed E-state index contributed by atoms with van der Waals surface area (Å²) < 4.78 is 0. The van der Waals surface area contributed by atoms with Gasteiger partial charge in [-0.05, 0) is 50.6 Å². The SMILES string of the molecule is CNC(=O)C(CCC=O)N(C)C(=O)c1cc(N2CC(CN3CC(N4CCCCC4)C3)C2)ccc1C=O. The molecule has 3 heterocycles. The third-order valence-electron chi connectivity index (χ3n) is 7.97. The zero-order valence-corrected chi connectivity index (χ0v) is 21.5. The van der Waals surface area contributed by atoms with Gasteiger partial charge in [0.2, 0.25) is 5.91 Å². The van der Waals surface area contributed by atoms with Crippen LogP contribution in [-0.4, -0.2) is 111 Å². The molecule has 0 saturated carbocycles. The summed E-state index contributed by atoms with van der Waals surface area (Å²) in [6, 6.07) is 5.27. The van der Waals surface area contributed by atoms with Crippen molar-refractivity contribution in [2.24, 2.45) is 5.92 Å². The third-order valence-corrected chi connectivity index (χ3v) is 7.97. The van der Waals surface area contributed by atoms with Crippen LogP contribution in [-0.2, 0) is 9.59 Å². The van der Waals surface area contributed by atoms with E-state index in [0.717, 1.165) is 37.6 Å². The quantitative estimate of drug-likeness (QED) is 0.460. The van der Waals surface area contributed by atoms with Crippen LogP contribution in [0.3, 0.4) is 0 Å². The highest BCUT2D eigenvalue weighted by Gasteiger charge is 2.36. The Morgan fingerprint density at radius 1 is 1.11 bits per heavy atom. The molecule has 1 unspecified atom stereocenters. The van der Waals surface area contributed by atoms with Crippen molar-refractivity contribution in [1.29, 1.82) is 0 Å². The van der Waals surface area contributed by atoms with E-state index in [1.165, 1.54) is 64.4 Å². The summed E-state index contributed by atoms with van der Waals surface area (Å²) in [6.07, 6.45) is 5.85. The van der Waals surface area contributed by atoms with Gasteiger partial charge in [0.1, 0.15) is 12.3 Å². The minimum Gasteiger partial charge on any atom is -0.371 e. The normalized spacial score (nSPS) is 20.2. The summed E-state index contributed by atoms with van der Waals surface area (Å²) >= 11 is 0. The molecule has 4 rings (SSSR count). The van der Waals surface area contributed by atoms with Gasteiger partial charge in [-0.1, -0.05) is 6.42 Å². The Bertz CT molecular complexity index is 951. The predicted octanol–water partition coefficient (Wildman–Crippen LogP) is 1.27. The molecule has 0 bridgehead atoms. The van der Waals surface area contributed by atoms with Crippen LogP contribution >= 0.6 is 0 Å². The molecular weight excluding hydrogens is 458 g/mol. The van der Waals surface area contributed by atoms with Crippen LogP contribution < -0.4 is 10.2 Å². The fourth-order valence-electron chi connectivity index (χ4n) is 5.72. The second kappa shape index (κ2) is 12.0. The number of amides is 2. The first-order valence-corrected chi connectivity index (χ1v) is 13.2. The van der Waals surface area contributed by atoms with Crippen LogP contribution in [0, 0.1) is 5.92 Å². The van der Waals surface area contributed by atoms with E-state index < -0.39 is 11.9 Å². The highest BCUT2D eigenvalue weighted by atomic mass is 16.2. The molecule has 0 radical (unpaired) electrons. The number of rotatable bonds is 11. The maximum absolute atomic E-state index is 13.3. The summed E-state index contributed by atoms with van der Waals surface area (Å²) in [4.78, 5) is 57.0. The first kappa shape index (κ1) is 26.3. The van der Waals surface area contributed by atoms with Crippen molar-refractivity contribution in [1.82, 2.24) is 20.0 Å².